The van der Waals surface area contributed by atoms with E-state index in [1.807, 2.05) is 75.4 Å². The zero-order valence-electron chi connectivity index (χ0n) is 26.5. The van der Waals surface area contributed by atoms with Crippen molar-refractivity contribution < 1.29 is 33.5 Å². The van der Waals surface area contributed by atoms with Gasteiger partial charge in [0.25, 0.3) is 0 Å². The number of nitrogens with zero attached hydrogens (tertiary/aromatic N) is 2. The van der Waals surface area contributed by atoms with Crippen LogP contribution < -0.4 is 15.4 Å². The van der Waals surface area contributed by atoms with E-state index in [2.05, 4.69) is 15.6 Å². The van der Waals surface area contributed by atoms with Crippen LogP contribution in [0.4, 0.5) is 4.79 Å². The van der Waals surface area contributed by atoms with Gasteiger partial charge in [0.1, 0.15) is 24.3 Å². The fraction of sp³-hybridized carbons (Fsp3) is 0.471. The molecule has 0 radical (unpaired) electrons. The second-order valence-electron chi connectivity index (χ2n) is 13.5. The minimum Gasteiger partial charge on any atom is -0.472 e. The van der Waals surface area contributed by atoms with E-state index in [0.717, 1.165) is 47.6 Å². The van der Waals surface area contributed by atoms with Gasteiger partial charge >= 0.3 is 13.2 Å². The number of hydrogen-bond donors (Lipinski definition) is 3. The predicted octanol–water partition coefficient (Wildman–Crippen LogP) is 4.07. The van der Waals surface area contributed by atoms with E-state index in [1.165, 1.54) is 4.90 Å². The van der Waals surface area contributed by atoms with E-state index in [1.54, 1.807) is 6.20 Å². The van der Waals surface area contributed by atoms with Gasteiger partial charge < -0.3 is 34.7 Å². The second-order valence-corrected chi connectivity index (χ2v) is 13.5. The Labute approximate surface area is 269 Å². The van der Waals surface area contributed by atoms with Gasteiger partial charge in [-0.2, -0.15) is 0 Å². The molecule has 1 aliphatic carbocycles. The fourth-order valence-electron chi connectivity index (χ4n) is 6.64. The number of carbonyl (C=O) groups excluding carboxylic acids is 3. The van der Waals surface area contributed by atoms with Gasteiger partial charge in [-0.1, -0.05) is 63.2 Å². The number of ether oxygens (including phenoxy) is 2. The van der Waals surface area contributed by atoms with E-state index in [9.17, 15) is 19.4 Å². The average molecular weight is 629 g/mol. The van der Waals surface area contributed by atoms with Crippen molar-refractivity contribution in [3.8, 4) is 5.88 Å². The van der Waals surface area contributed by atoms with Crippen molar-refractivity contribution in [3.05, 3.63) is 71.9 Å². The Morgan fingerprint density at radius 3 is 2.57 bits per heavy atom. The topological polar surface area (TPSA) is 139 Å². The Kier molecular flexibility index (Phi) is 9.19. The van der Waals surface area contributed by atoms with Gasteiger partial charge in [-0.3, -0.25) is 9.59 Å². The highest BCUT2D eigenvalue weighted by Crippen LogP contribution is 2.32. The van der Waals surface area contributed by atoms with Crippen molar-refractivity contribution in [2.75, 3.05) is 6.54 Å². The van der Waals surface area contributed by atoms with Crippen LogP contribution in [0.2, 0.25) is 0 Å². The Morgan fingerprint density at radius 1 is 1.04 bits per heavy atom. The van der Waals surface area contributed by atoms with Gasteiger partial charge in [0, 0.05) is 18.0 Å². The molecular weight excluding hydrogens is 587 g/mol. The number of rotatable bonds is 7. The first-order valence-electron chi connectivity index (χ1n) is 16.0. The summed E-state index contributed by atoms with van der Waals surface area (Å²) in [5.74, 6) is -1.30. The summed E-state index contributed by atoms with van der Waals surface area (Å²) in [5, 5.41) is 18.3. The number of nitrogens with one attached hydrogen (secondary N) is 2. The van der Waals surface area contributed by atoms with Crippen LogP contribution in [-0.4, -0.2) is 70.8 Å². The molecule has 1 saturated carbocycles. The monoisotopic (exact) mass is 628 g/mol. The van der Waals surface area contributed by atoms with E-state index in [0.29, 0.717) is 5.88 Å². The quantitative estimate of drug-likeness (QED) is 0.333. The molecule has 3 amide bonds. The highest BCUT2D eigenvalue weighted by atomic mass is 16.6. The zero-order valence-corrected chi connectivity index (χ0v) is 26.5. The molecule has 3 aliphatic rings. The summed E-state index contributed by atoms with van der Waals surface area (Å²) in [4.78, 5) is 47.3. The van der Waals surface area contributed by atoms with Gasteiger partial charge in [0.15, 0.2) is 0 Å². The Balaban J connectivity index is 1.27. The van der Waals surface area contributed by atoms with Crippen molar-refractivity contribution in [1.29, 1.82) is 0 Å². The number of hydrogen-bond acceptors (Lipinski definition) is 8. The first-order valence-corrected chi connectivity index (χ1v) is 16.0. The number of alkyl carbamates (subject to hydrolysis) is 1. The molecule has 2 fully saturated rings. The molecule has 11 nitrogen and oxygen atoms in total. The number of aromatic nitrogens is 1. The van der Waals surface area contributed by atoms with Crippen LogP contribution in [0.5, 0.6) is 5.88 Å². The van der Waals surface area contributed by atoms with E-state index >= 15 is 0 Å². The van der Waals surface area contributed by atoms with Crippen LogP contribution >= 0.6 is 0 Å². The van der Waals surface area contributed by atoms with E-state index in [-0.39, 0.29) is 25.7 Å². The molecule has 4 atom stereocenters. The number of benzene rings is 2. The first kappa shape index (κ1) is 31.8. The smallest absolute Gasteiger partial charge is 0.472 e. The lowest BCUT2D eigenvalue weighted by molar-refractivity contribution is -0.142. The summed E-state index contributed by atoms with van der Waals surface area (Å²) >= 11 is 0. The molecule has 1 saturated heterocycles. The largest absolute Gasteiger partial charge is 0.483 e. The lowest BCUT2D eigenvalue weighted by Gasteiger charge is -2.36. The van der Waals surface area contributed by atoms with Crippen LogP contribution in [0.25, 0.3) is 10.8 Å². The second kappa shape index (κ2) is 13.3. The number of likely N-dealkylation sites (tertiary alicyclic amines) is 1. The summed E-state index contributed by atoms with van der Waals surface area (Å²) in [7, 11) is -1.26. The van der Waals surface area contributed by atoms with Crippen molar-refractivity contribution in [2.45, 2.75) is 89.7 Å². The molecule has 12 heteroatoms. The van der Waals surface area contributed by atoms with Crippen molar-refractivity contribution in [2.24, 2.45) is 5.41 Å². The van der Waals surface area contributed by atoms with Gasteiger partial charge in [-0.15, -0.1) is 0 Å². The van der Waals surface area contributed by atoms with Gasteiger partial charge in [-0.25, -0.2) is 9.78 Å². The molecule has 46 heavy (non-hydrogen) atoms. The van der Waals surface area contributed by atoms with Crippen LogP contribution in [0, 0.1) is 5.41 Å². The summed E-state index contributed by atoms with van der Waals surface area (Å²) in [6.07, 6.45) is 4.07. The third kappa shape index (κ3) is 6.83. The summed E-state index contributed by atoms with van der Waals surface area (Å²) in [6.45, 7) is 5.89. The minimum atomic E-state index is -1.26. The van der Waals surface area contributed by atoms with Crippen molar-refractivity contribution in [3.63, 3.8) is 0 Å². The molecule has 0 spiro atoms. The Bertz CT molecular complexity index is 1590. The number of pyridine rings is 1. The Hall–Kier alpha value is -4.16. The van der Waals surface area contributed by atoms with Crippen molar-refractivity contribution >= 4 is 35.8 Å². The third-order valence-electron chi connectivity index (χ3n) is 9.10. The molecular formula is C34H41BN4O7. The molecule has 3 N–H and O–H groups in total. The molecule has 3 heterocycles. The molecule has 0 bridgehead atoms. The highest BCUT2D eigenvalue weighted by molar-refractivity contribution is 6.45. The lowest BCUT2D eigenvalue weighted by Crippen LogP contribution is -2.58. The molecule has 2 aromatic carbocycles. The van der Waals surface area contributed by atoms with Crippen LogP contribution in [0.3, 0.4) is 0 Å². The first-order chi connectivity index (χ1) is 22.1. The minimum absolute atomic E-state index is 0.0913. The van der Waals surface area contributed by atoms with Crippen molar-refractivity contribution in [1.82, 2.24) is 20.5 Å². The Morgan fingerprint density at radius 2 is 1.78 bits per heavy atom. The summed E-state index contributed by atoms with van der Waals surface area (Å²) in [5.41, 5.74) is 0.913. The predicted molar refractivity (Wildman–Crippen MR) is 171 cm³/mol. The maximum atomic E-state index is 14.4. The fourth-order valence-corrected chi connectivity index (χ4v) is 6.64. The van der Waals surface area contributed by atoms with Crippen LogP contribution in [0.1, 0.15) is 69.9 Å². The van der Waals surface area contributed by atoms with E-state index < -0.39 is 54.6 Å². The lowest BCUT2D eigenvalue weighted by atomic mass is 9.71. The maximum Gasteiger partial charge on any atom is 0.483 e. The van der Waals surface area contributed by atoms with Crippen LogP contribution in [-0.2, 0) is 25.6 Å². The molecule has 1 aromatic heterocycles. The van der Waals surface area contributed by atoms with Crippen LogP contribution in [0.15, 0.2) is 60.8 Å². The van der Waals surface area contributed by atoms with Gasteiger partial charge in [-0.05, 0) is 59.7 Å². The molecule has 2 unspecified atom stereocenters. The third-order valence-corrected chi connectivity index (χ3v) is 9.10. The molecule has 242 valence electrons. The summed E-state index contributed by atoms with van der Waals surface area (Å²) < 4.78 is 17.6. The highest BCUT2D eigenvalue weighted by Gasteiger charge is 2.47. The maximum absolute atomic E-state index is 14.4. The standard InChI is InChI=1S/C34H41BN4O7/c1-34(2,3)28(37-33(42)46-23-12-6-7-13-23)32(41)39-19-24(45-31-26-15-9-4-10-21(26)16-17-36-31)18-27(39)30(40)38-29-25-14-8-5-11-22(25)20-44-35(29)43/h4-5,8-11,14-17,23-24,27-29,43H,6-7,12-13,18-20H2,1-3H3,(H,37,42)(H,38,40)/t24?,27-,28+,29?/m0/s1. The number of amides is 3. The SMILES string of the molecule is CC(C)(C)[C@H](NC(=O)OC1CCCC1)C(=O)N1CC(Oc2nccc3ccccc23)C[C@H]1C(=O)NC1B(O)OCc2ccccc21. The average Bonchev–Trinajstić information content (AvgIpc) is 3.71. The molecule has 2 aliphatic heterocycles. The normalized spacial score (nSPS) is 22.3. The number of carbonyl (C=O) groups is 3. The zero-order chi connectivity index (χ0) is 32.4. The van der Waals surface area contributed by atoms with Gasteiger partial charge in [0.2, 0.25) is 17.7 Å². The molecule has 6 rings (SSSR count). The number of fused-ring (bicyclic) bond motifs is 2. The van der Waals surface area contributed by atoms with Gasteiger partial charge in [0.05, 0.1) is 19.1 Å². The molecule has 3 aromatic rings. The van der Waals surface area contributed by atoms with E-state index in [4.69, 9.17) is 14.1 Å². The summed E-state index contributed by atoms with van der Waals surface area (Å²) in [6, 6.07) is 15.1.